The maximum Gasteiger partial charge on any atom is 0.328 e. The van der Waals surface area contributed by atoms with Crippen molar-refractivity contribution in [3.63, 3.8) is 0 Å². The highest BCUT2D eigenvalue weighted by molar-refractivity contribution is 9.10. The molecule has 0 aliphatic carbocycles. The van der Waals surface area contributed by atoms with Crippen LogP contribution < -0.4 is 4.74 Å². The predicted octanol–water partition coefficient (Wildman–Crippen LogP) is 6.84. The standard InChI is InChI=1S/C32H31BrN2O2.C4H4O4/c1-35(2)19-18-32(36,28-15-9-13-22-10-7-8-14-26(22)28)30(23-11-5-4-6-12-23)27-21-24-20-25(33)16-17-29(24)34-31(27)37-3;5-3(6)1-2-4(7)8/h4-17,20-21,30,36H,18-19H2,1-3H3;1-2H,(H,5,6)(H,7,8)/t30?,32-;/m0./s1. The van der Waals surface area contributed by atoms with Gasteiger partial charge < -0.3 is 25.0 Å². The molecule has 0 fully saturated rings. The molecule has 5 rings (SSSR count). The fourth-order valence-electron chi connectivity index (χ4n) is 5.45. The second kappa shape index (κ2) is 14.9. The zero-order chi connectivity index (χ0) is 32.6. The number of carbonyl (C=O) groups is 2. The summed E-state index contributed by atoms with van der Waals surface area (Å²) in [7, 11) is 5.73. The van der Waals surface area contributed by atoms with Crippen LogP contribution in [0.4, 0.5) is 0 Å². The molecule has 232 valence electrons. The van der Waals surface area contributed by atoms with E-state index in [1.807, 2.05) is 62.6 Å². The first kappa shape index (κ1) is 33.3. The van der Waals surface area contributed by atoms with Gasteiger partial charge in [-0.15, -0.1) is 0 Å². The molecule has 5 aromatic rings. The number of halogens is 1. The van der Waals surface area contributed by atoms with Gasteiger partial charge in [-0.1, -0.05) is 88.7 Å². The van der Waals surface area contributed by atoms with Crippen molar-refractivity contribution in [2.24, 2.45) is 0 Å². The molecule has 0 aliphatic heterocycles. The van der Waals surface area contributed by atoms with E-state index < -0.39 is 23.5 Å². The van der Waals surface area contributed by atoms with Gasteiger partial charge in [0.05, 0.1) is 12.6 Å². The van der Waals surface area contributed by atoms with Crippen LogP contribution in [0.25, 0.3) is 21.7 Å². The van der Waals surface area contributed by atoms with E-state index in [1.165, 1.54) is 0 Å². The average molecular weight is 672 g/mol. The molecule has 0 spiro atoms. The van der Waals surface area contributed by atoms with Crippen LogP contribution in [0.3, 0.4) is 0 Å². The lowest BCUT2D eigenvalue weighted by Crippen LogP contribution is -2.38. The number of rotatable bonds is 10. The number of hydrogen-bond acceptors (Lipinski definition) is 6. The number of pyridine rings is 1. The molecular formula is C36H35BrN2O6. The Balaban J connectivity index is 0.000000510. The fourth-order valence-corrected chi connectivity index (χ4v) is 5.83. The second-order valence-corrected chi connectivity index (χ2v) is 11.7. The van der Waals surface area contributed by atoms with Crippen LogP contribution in [0.1, 0.15) is 29.0 Å². The maximum atomic E-state index is 13.0. The molecule has 4 aromatic carbocycles. The lowest BCUT2D eigenvalue weighted by molar-refractivity contribution is -0.134. The van der Waals surface area contributed by atoms with Crippen molar-refractivity contribution in [2.75, 3.05) is 27.7 Å². The van der Waals surface area contributed by atoms with Gasteiger partial charge in [-0.05, 0) is 66.7 Å². The number of aromatic nitrogens is 1. The van der Waals surface area contributed by atoms with Gasteiger partial charge in [0.15, 0.2) is 0 Å². The molecule has 0 saturated carbocycles. The Labute approximate surface area is 270 Å². The molecule has 3 N–H and O–H groups in total. The van der Waals surface area contributed by atoms with Crippen LogP contribution in [-0.4, -0.2) is 64.9 Å². The van der Waals surface area contributed by atoms with Crippen molar-refractivity contribution in [1.29, 1.82) is 0 Å². The average Bonchev–Trinajstić information content (AvgIpc) is 3.03. The summed E-state index contributed by atoms with van der Waals surface area (Å²) in [6, 6.07) is 32.8. The normalized spacial score (nSPS) is 13.3. The number of fused-ring (bicyclic) bond motifs is 2. The third kappa shape index (κ3) is 8.13. The van der Waals surface area contributed by atoms with Crippen molar-refractivity contribution in [3.8, 4) is 5.88 Å². The number of methoxy groups -OCH3 is 1. The smallest absolute Gasteiger partial charge is 0.328 e. The molecule has 1 aromatic heterocycles. The van der Waals surface area contributed by atoms with E-state index in [1.54, 1.807) is 7.11 Å². The molecule has 45 heavy (non-hydrogen) atoms. The van der Waals surface area contributed by atoms with Gasteiger partial charge in [-0.3, -0.25) is 0 Å². The van der Waals surface area contributed by atoms with Gasteiger partial charge in [0, 0.05) is 40.0 Å². The van der Waals surface area contributed by atoms with E-state index in [2.05, 4.69) is 69.4 Å². The zero-order valence-electron chi connectivity index (χ0n) is 25.2. The Hall–Kier alpha value is -4.57. The number of benzene rings is 4. The van der Waals surface area contributed by atoms with Crippen molar-refractivity contribution in [3.05, 3.63) is 130 Å². The van der Waals surface area contributed by atoms with Crippen LogP contribution in [0.5, 0.6) is 5.88 Å². The van der Waals surface area contributed by atoms with E-state index in [-0.39, 0.29) is 0 Å². The van der Waals surface area contributed by atoms with E-state index >= 15 is 0 Å². The molecule has 2 atom stereocenters. The summed E-state index contributed by atoms with van der Waals surface area (Å²) < 4.78 is 6.86. The highest BCUT2D eigenvalue weighted by Gasteiger charge is 2.43. The first-order valence-corrected chi connectivity index (χ1v) is 15.0. The Morgan fingerprint density at radius 3 is 2.18 bits per heavy atom. The molecule has 8 nitrogen and oxygen atoms in total. The van der Waals surface area contributed by atoms with Gasteiger partial charge in [-0.25, -0.2) is 14.6 Å². The molecule has 0 amide bonds. The van der Waals surface area contributed by atoms with Crippen LogP contribution >= 0.6 is 15.9 Å². The van der Waals surface area contributed by atoms with Gasteiger partial charge in [0.25, 0.3) is 0 Å². The Bertz CT molecular complexity index is 1800. The second-order valence-electron chi connectivity index (χ2n) is 10.8. The number of hydrogen-bond donors (Lipinski definition) is 3. The van der Waals surface area contributed by atoms with E-state index in [0.717, 1.165) is 42.8 Å². The minimum absolute atomic E-state index is 0.426. The SMILES string of the molecule is COc1nc2ccc(Br)cc2cc1C(c1ccccc1)[C@](O)(CCN(C)C)c1cccc2ccccc12.O=C(O)C=CC(=O)O. The van der Waals surface area contributed by atoms with Gasteiger partial charge in [0.2, 0.25) is 5.88 Å². The summed E-state index contributed by atoms with van der Waals surface area (Å²) in [6.07, 6.45) is 1.64. The van der Waals surface area contributed by atoms with Crippen molar-refractivity contribution >= 4 is 49.5 Å². The largest absolute Gasteiger partial charge is 0.481 e. The molecule has 1 heterocycles. The minimum Gasteiger partial charge on any atom is -0.481 e. The first-order valence-electron chi connectivity index (χ1n) is 14.2. The van der Waals surface area contributed by atoms with Gasteiger partial charge in [-0.2, -0.15) is 0 Å². The molecule has 0 saturated heterocycles. The molecule has 0 radical (unpaired) electrons. The minimum atomic E-state index is -1.26. The summed E-state index contributed by atoms with van der Waals surface area (Å²) in [5.74, 6) is -2.42. The number of nitrogens with zero attached hydrogens (tertiary/aromatic N) is 2. The summed E-state index contributed by atoms with van der Waals surface area (Å²) in [4.78, 5) is 26.1. The quantitative estimate of drug-likeness (QED) is 0.138. The summed E-state index contributed by atoms with van der Waals surface area (Å²) in [6.45, 7) is 0.706. The number of ether oxygens (including phenoxy) is 1. The van der Waals surface area contributed by atoms with Crippen LogP contribution in [0.15, 0.2) is 114 Å². The Morgan fingerprint density at radius 2 is 1.53 bits per heavy atom. The molecule has 0 aliphatic rings. The highest BCUT2D eigenvalue weighted by Crippen LogP contribution is 2.49. The molecule has 0 bridgehead atoms. The number of aliphatic hydroxyl groups is 1. The summed E-state index contributed by atoms with van der Waals surface area (Å²) in [5, 5.41) is 31.8. The van der Waals surface area contributed by atoms with Crippen molar-refractivity contribution in [2.45, 2.75) is 17.9 Å². The predicted molar refractivity (Wildman–Crippen MR) is 180 cm³/mol. The number of carboxylic acids is 2. The van der Waals surface area contributed by atoms with Crippen molar-refractivity contribution < 1.29 is 29.6 Å². The Kier molecular flexibility index (Phi) is 11.1. The van der Waals surface area contributed by atoms with Gasteiger partial charge >= 0.3 is 11.9 Å². The van der Waals surface area contributed by atoms with Crippen LogP contribution in [0, 0.1) is 0 Å². The molecular weight excluding hydrogens is 636 g/mol. The van der Waals surface area contributed by atoms with Crippen LogP contribution in [0.2, 0.25) is 0 Å². The molecule has 9 heteroatoms. The first-order chi connectivity index (χ1) is 21.5. The van der Waals surface area contributed by atoms with Crippen LogP contribution in [-0.2, 0) is 15.2 Å². The third-order valence-electron chi connectivity index (χ3n) is 7.45. The van der Waals surface area contributed by atoms with E-state index in [0.29, 0.717) is 31.0 Å². The fraction of sp³-hybridized carbons (Fsp3) is 0.194. The van der Waals surface area contributed by atoms with E-state index in [9.17, 15) is 14.7 Å². The van der Waals surface area contributed by atoms with E-state index in [4.69, 9.17) is 19.9 Å². The highest BCUT2D eigenvalue weighted by atomic mass is 79.9. The topological polar surface area (TPSA) is 120 Å². The van der Waals surface area contributed by atoms with Crippen molar-refractivity contribution in [1.82, 2.24) is 9.88 Å². The lowest BCUT2D eigenvalue weighted by Gasteiger charge is -2.39. The van der Waals surface area contributed by atoms with Gasteiger partial charge in [0.1, 0.15) is 5.60 Å². The lowest BCUT2D eigenvalue weighted by atomic mass is 9.70. The Morgan fingerprint density at radius 1 is 0.889 bits per heavy atom. The summed E-state index contributed by atoms with van der Waals surface area (Å²) in [5.41, 5.74) is 2.36. The zero-order valence-corrected chi connectivity index (χ0v) is 26.8. The number of carboxylic acid groups (broad SMARTS) is 2. The maximum absolute atomic E-state index is 13.0. The summed E-state index contributed by atoms with van der Waals surface area (Å²) >= 11 is 3.60. The monoisotopic (exact) mass is 670 g/mol. The number of aliphatic carboxylic acids is 2. The third-order valence-corrected chi connectivity index (χ3v) is 7.94. The molecule has 1 unspecified atom stereocenters.